The third-order valence-electron chi connectivity index (χ3n) is 5.18. The Morgan fingerprint density at radius 3 is 2.38 bits per heavy atom. The van der Waals surface area contributed by atoms with Crippen LogP contribution in [0.1, 0.15) is 11.1 Å². The molecule has 134 valence electrons. The second kappa shape index (κ2) is 6.09. The van der Waals surface area contributed by atoms with Crippen LogP contribution in [-0.2, 0) is 13.0 Å². The van der Waals surface area contributed by atoms with Crippen LogP contribution in [0, 0.1) is 6.92 Å². The number of pyridine rings is 1. The first-order valence-electron chi connectivity index (χ1n) is 8.55. The molecule has 0 spiro atoms. The third-order valence-corrected chi connectivity index (χ3v) is 5.18. The zero-order chi connectivity index (χ0) is 18.4. The van der Waals surface area contributed by atoms with E-state index in [-0.39, 0.29) is 5.75 Å². The Hall–Kier alpha value is -2.95. The number of methoxy groups -OCH3 is 3. The second-order valence-corrected chi connectivity index (χ2v) is 6.47. The molecule has 2 aromatic carbocycles. The van der Waals surface area contributed by atoms with Crippen molar-refractivity contribution < 1.29 is 23.9 Å². The van der Waals surface area contributed by atoms with E-state index in [1.807, 2.05) is 18.3 Å². The largest absolute Gasteiger partial charge is 0.870 e. The van der Waals surface area contributed by atoms with E-state index in [0.717, 1.165) is 46.3 Å². The predicted molar refractivity (Wildman–Crippen MR) is 97.1 cm³/mol. The molecule has 0 fully saturated rings. The summed E-state index contributed by atoms with van der Waals surface area (Å²) in [6.07, 6.45) is 2.91. The van der Waals surface area contributed by atoms with Crippen LogP contribution in [0.2, 0.25) is 0 Å². The molecule has 0 N–H and O–H groups in total. The number of rotatable bonds is 3. The lowest BCUT2D eigenvalue weighted by molar-refractivity contribution is -0.686. The number of hydrogen-bond acceptors (Lipinski definition) is 4. The number of ether oxygens (including phenoxy) is 3. The van der Waals surface area contributed by atoms with Crippen molar-refractivity contribution in [3.63, 3.8) is 0 Å². The van der Waals surface area contributed by atoms with E-state index in [4.69, 9.17) is 14.2 Å². The summed E-state index contributed by atoms with van der Waals surface area (Å²) >= 11 is 0. The SMILES string of the molecule is COc1cc2c(cc1OC)-c1c(C)c3ccc([O-])c(OC)c3c[n+]1CC2. The Balaban J connectivity index is 2.04. The van der Waals surface area contributed by atoms with Crippen molar-refractivity contribution in [2.75, 3.05) is 21.3 Å². The van der Waals surface area contributed by atoms with Crippen LogP contribution in [-0.4, -0.2) is 21.3 Å². The summed E-state index contributed by atoms with van der Waals surface area (Å²) in [5.41, 5.74) is 4.63. The van der Waals surface area contributed by atoms with Crippen molar-refractivity contribution in [3.05, 3.63) is 41.6 Å². The fourth-order valence-corrected chi connectivity index (χ4v) is 3.93. The lowest BCUT2D eigenvalue weighted by Crippen LogP contribution is -2.41. The number of fused-ring (bicyclic) bond motifs is 4. The minimum Gasteiger partial charge on any atom is -0.870 e. The average Bonchev–Trinajstić information content (AvgIpc) is 2.66. The zero-order valence-corrected chi connectivity index (χ0v) is 15.4. The average molecular weight is 351 g/mol. The first-order valence-corrected chi connectivity index (χ1v) is 8.55. The molecular formula is C21H21NO4. The predicted octanol–water partition coefficient (Wildman–Crippen LogP) is 2.76. The molecule has 0 radical (unpaired) electrons. The highest BCUT2D eigenvalue weighted by atomic mass is 16.5. The smallest absolute Gasteiger partial charge is 0.216 e. The molecule has 1 aromatic heterocycles. The van der Waals surface area contributed by atoms with Gasteiger partial charge in [-0.3, -0.25) is 0 Å². The molecule has 1 aliphatic rings. The number of aryl methyl sites for hydroxylation is 3. The van der Waals surface area contributed by atoms with Crippen LogP contribution >= 0.6 is 0 Å². The van der Waals surface area contributed by atoms with Gasteiger partial charge in [-0.2, -0.15) is 4.57 Å². The molecule has 0 unspecified atom stereocenters. The lowest BCUT2D eigenvalue weighted by atomic mass is 9.91. The minimum atomic E-state index is -0.0948. The highest BCUT2D eigenvalue weighted by Crippen LogP contribution is 2.41. The molecule has 4 rings (SSSR count). The summed E-state index contributed by atoms with van der Waals surface area (Å²) < 4.78 is 18.5. The minimum absolute atomic E-state index is 0.0948. The molecular weight excluding hydrogens is 330 g/mol. The van der Waals surface area contributed by atoms with Gasteiger partial charge >= 0.3 is 0 Å². The molecule has 0 saturated carbocycles. The van der Waals surface area contributed by atoms with Gasteiger partial charge in [0.25, 0.3) is 0 Å². The Morgan fingerprint density at radius 2 is 1.69 bits per heavy atom. The normalized spacial score (nSPS) is 12.5. The topological polar surface area (TPSA) is 54.6 Å². The summed E-state index contributed by atoms with van der Waals surface area (Å²) in [6, 6.07) is 7.55. The van der Waals surface area contributed by atoms with Crippen molar-refractivity contribution in [1.82, 2.24) is 0 Å². The van der Waals surface area contributed by atoms with E-state index in [0.29, 0.717) is 11.5 Å². The molecule has 0 bridgehead atoms. The van der Waals surface area contributed by atoms with Gasteiger partial charge in [-0.05, 0) is 24.6 Å². The molecule has 2 heterocycles. The summed E-state index contributed by atoms with van der Waals surface area (Å²) in [5.74, 6) is 1.77. The summed E-state index contributed by atoms with van der Waals surface area (Å²) in [6.45, 7) is 2.92. The lowest BCUT2D eigenvalue weighted by Gasteiger charge is -2.21. The Bertz CT molecular complexity index is 1030. The van der Waals surface area contributed by atoms with Crippen molar-refractivity contribution in [2.45, 2.75) is 19.9 Å². The van der Waals surface area contributed by atoms with Gasteiger partial charge in [-0.1, -0.05) is 17.9 Å². The van der Waals surface area contributed by atoms with Crippen LogP contribution in [0.4, 0.5) is 0 Å². The molecule has 0 saturated heterocycles. The highest BCUT2D eigenvalue weighted by Gasteiger charge is 2.29. The van der Waals surface area contributed by atoms with E-state index in [9.17, 15) is 5.11 Å². The maximum Gasteiger partial charge on any atom is 0.216 e. The fraction of sp³-hybridized carbons (Fsp3) is 0.286. The molecule has 0 amide bonds. The molecule has 5 heteroatoms. The van der Waals surface area contributed by atoms with Crippen molar-refractivity contribution in [2.24, 2.45) is 0 Å². The zero-order valence-electron chi connectivity index (χ0n) is 15.4. The molecule has 1 aliphatic heterocycles. The maximum atomic E-state index is 12.1. The van der Waals surface area contributed by atoms with Gasteiger partial charge in [0.1, 0.15) is 5.75 Å². The van der Waals surface area contributed by atoms with Gasteiger partial charge in [0.05, 0.1) is 32.3 Å². The fourth-order valence-electron chi connectivity index (χ4n) is 3.93. The summed E-state index contributed by atoms with van der Waals surface area (Å²) in [7, 11) is 4.85. The van der Waals surface area contributed by atoms with Gasteiger partial charge in [0.15, 0.2) is 24.2 Å². The van der Waals surface area contributed by atoms with Crippen molar-refractivity contribution in [1.29, 1.82) is 0 Å². The molecule has 5 nitrogen and oxygen atoms in total. The van der Waals surface area contributed by atoms with Gasteiger partial charge in [0, 0.05) is 17.4 Å². The molecule has 3 aromatic rings. The highest BCUT2D eigenvalue weighted by molar-refractivity contribution is 5.94. The van der Waals surface area contributed by atoms with E-state index < -0.39 is 0 Å². The van der Waals surface area contributed by atoms with Crippen LogP contribution in [0.5, 0.6) is 23.0 Å². The third kappa shape index (κ3) is 2.27. The summed E-state index contributed by atoms with van der Waals surface area (Å²) in [4.78, 5) is 0. The first-order chi connectivity index (χ1) is 12.6. The Labute approximate surface area is 152 Å². The standard InChI is InChI=1S/C21H21NO4/c1-12-14-5-6-17(23)21(26-4)16(14)11-22-8-7-13-9-18(24-2)19(25-3)10-15(13)20(12)22/h5-6,9-11H,7-8H2,1-4H3. The second-order valence-electron chi connectivity index (χ2n) is 6.47. The number of aromatic nitrogens is 1. The first kappa shape index (κ1) is 16.5. The maximum absolute atomic E-state index is 12.1. The number of nitrogens with zero attached hydrogens (tertiary/aromatic N) is 1. The van der Waals surface area contributed by atoms with E-state index in [2.05, 4.69) is 17.6 Å². The summed E-state index contributed by atoms with van der Waals surface area (Å²) in [5, 5.41) is 14.0. The van der Waals surface area contributed by atoms with E-state index in [1.165, 1.54) is 5.56 Å². The Morgan fingerprint density at radius 1 is 0.962 bits per heavy atom. The van der Waals surface area contributed by atoms with Crippen LogP contribution in [0.3, 0.4) is 0 Å². The molecule has 26 heavy (non-hydrogen) atoms. The van der Waals surface area contributed by atoms with Gasteiger partial charge in [-0.25, -0.2) is 0 Å². The van der Waals surface area contributed by atoms with Gasteiger partial charge in [-0.15, -0.1) is 0 Å². The monoisotopic (exact) mass is 351 g/mol. The number of hydrogen-bond donors (Lipinski definition) is 0. The van der Waals surface area contributed by atoms with Crippen LogP contribution in [0.15, 0.2) is 30.5 Å². The van der Waals surface area contributed by atoms with Gasteiger partial charge in [0.2, 0.25) is 5.69 Å². The number of benzene rings is 2. The van der Waals surface area contributed by atoms with E-state index >= 15 is 0 Å². The van der Waals surface area contributed by atoms with Crippen LogP contribution in [0.25, 0.3) is 22.0 Å². The van der Waals surface area contributed by atoms with Crippen molar-refractivity contribution in [3.8, 4) is 34.3 Å². The van der Waals surface area contributed by atoms with Gasteiger partial charge < -0.3 is 19.3 Å². The molecule has 0 atom stereocenters. The Kier molecular flexibility index (Phi) is 3.87. The van der Waals surface area contributed by atoms with E-state index in [1.54, 1.807) is 27.4 Å². The van der Waals surface area contributed by atoms with Crippen molar-refractivity contribution >= 4 is 10.8 Å². The quantitative estimate of drug-likeness (QED) is 0.681. The molecule has 0 aliphatic carbocycles. The van der Waals surface area contributed by atoms with Crippen LogP contribution < -0.4 is 23.9 Å².